The smallest absolute Gasteiger partial charge is 0.109 e. The second kappa shape index (κ2) is 7.04. The van der Waals surface area contributed by atoms with Crippen molar-refractivity contribution in [2.75, 3.05) is 19.8 Å². The molecule has 0 saturated carbocycles. The number of rotatable bonds is 2. The van der Waals surface area contributed by atoms with Crippen LogP contribution in [0, 0.1) is 24.2 Å². The van der Waals surface area contributed by atoms with Crippen molar-refractivity contribution in [2.45, 2.75) is 0 Å². The van der Waals surface area contributed by atoms with Gasteiger partial charge in [0.05, 0.1) is 0 Å². The summed E-state index contributed by atoms with van der Waals surface area (Å²) in [5, 5.41) is 8.15. The van der Waals surface area contributed by atoms with Crippen molar-refractivity contribution in [1.82, 2.24) is 0 Å². The topological polar surface area (TPSA) is 29.5 Å². The van der Waals surface area contributed by atoms with Crippen LogP contribution in [0.25, 0.3) is 0 Å². The SMILES string of the molecule is C#CCOCC#CCO. The molecule has 0 radical (unpaired) electrons. The largest absolute Gasteiger partial charge is 0.384 e. The average molecular weight is 124 g/mol. The lowest BCUT2D eigenvalue weighted by molar-refractivity contribution is 0.204. The Labute approximate surface area is 54.8 Å². The van der Waals surface area contributed by atoms with Crippen molar-refractivity contribution in [2.24, 2.45) is 0 Å². The van der Waals surface area contributed by atoms with Crippen LogP contribution in [0.1, 0.15) is 0 Å². The van der Waals surface area contributed by atoms with Gasteiger partial charge in [-0.1, -0.05) is 17.8 Å². The molecule has 0 aromatic heterocycles. The van der Waals surface area contributed by atoms with Gasteiger partial charge < -0.3 is 9.84 Å². The fourth-order valence-electron chi connectivity index (χ4n) is 0.268. The predicted octanol–water partition coefficient (Wildman–Crippen LogP) is -0.368. The highest BCUT2D eigenvalue weighted by molar-refractivity contribution is 4.99. The maximum atomic E-state index is 8.15. The molecule has 0 saturated heterocycles. The average Bonchev–Trinajstić information content (AvgIpc) is 1.89. The van der Waals surface area contributed by atoms with Crippen LogP contribution in [-0.2, 0) is 4.74 Å². The summed E-state index contributed by atoms with van der Waals surface area (Å²) in [5.41, 5.74) is 0. The predicted molar refractivity (Wildman–Crippen MR) is 34.5 cm³/mol. The highest BCUT2D eigenvalue weighted by Gasteiger charge is 1.73. The van der Waals surface area contributed by atoms with Crippen LogP contribution in [0.2, 0.25) is 0 Å². The standard InChI is InChI=1S/C7H8O2/c1-2-6-9-7-4-3-5-8/h1,8H,5-7H2. The van der Waals surface area contributed by atoms with Crippen LogP contribution in [0.4, 0.5) is 0 Å². The zero-order valence-corrected chi connectivity index (χ0v) is 5.05. The van der Waals surface area contributed by atoms with Crippen LogP contribution < -0.4 is 0 Å². The lowest BCUT2D eigenvalue weighted by Crippen LogP contribution is -1.90. The molecule has 48 valence electrons. The van der Waals surface area contributed by atoms with Crippen LogP contribution in [-0.4, -0.2) is 24.9 Å². The Morgan fingerprint density at radius 1 is 1.33 bits per heavy atom. The van der Waals surface area contributed by atoms with E-state index in [0.29, 0.717) is 6.61 Å². The second-order valence-electron chi connectivity index (χ2n) is 1.21. The molecule has 0 aromatic rings. The van der Waals surface area contributed by atoms with Gasteiger partial charge >= 0.3 is 0 Å². The minimum Gasteiger partial charge on any atom is -0.384 e. The maximum absolute atomic E-state index is 8.15. The maximum Gasteiger partial charge on any atom is 0.109 e. The third kappa shape index (κ3) is 7.04. The summed E-state index contributed by atoms with van der Waals surface area (Å²) in [6.07, 6.45) is 4.87. The molecule has 2 nitrogen and oxygen atoms in total. The molecular formula is C7H8O2. The molecule has 0 bridgehead atoms. The van der Waals surface area contributed by atoms with Gasteiger partial charge in [-0.2, -0.15) is 0 Å². The van der Waals surface area contributed by atoms with Gasteiger partial charge in [-0.05, 0) is 0 Å². The molecule has 0 spiro atoms. The zero-order chi connectivity index (χ0) is 6.95. The van der Waals surface area contributed by atoms with Crippen molar-refractivity contribution >= 4 is 0 Å². The Bertz CT molecular complexity index is 145. The first-order chi connectivity index (χ1) is 4.41. The first-order valence-electron chi connectivity index (χ1n) is 2.49. The Balaban J connectivity index is 3.01. The summed E-state index contributed by atoms with van der Waals surface area (Å²) in [7, 11) is 0. The summed E-state index contributed by atoms with van der Waals surface area (Å²) in [4.78, 5) is 0. The summed E-state index contributed by atoms with van der Waals surface area (Å²) in [6, 6.07) is 0. The van der Waals surface area contributed by atoms with Gasteiger partial charge in [-0.15, -0.1) is 6.42 Å². The number of hydrogen-bond donors (Lipinski definition) is 1. The van der Waals surface area contributed by atoms with E-state index in [1.807, 2.05) is 0 Å². The molecule has 0 heterocycles. The van der Waals surface area contributed by atoms with Crippen molar-refractivity contribution in [3.8, 4) is 24.2 Å². The molecule has 0 unspecified atom stereocenters. The minimum atomic E-state index is -0.126. The zero-order valence-electron chi connectivity index (χ0n) is 5.05. The highest BCUT2D eigenvalue weighted by atomic mass is 16.5. The van der Waals surface area contributed by atoms with Crippen molar-refractivity contribution in [1.29, 1.82) is 0 Å². The van der Waals surface area contributed by atoms with E-state index < -0.39 is 0 Å². The van der Waals surface area contributed by atoms with E-state index in [0.717, 1.165) is 0 Å². The van der Waals surface area contributed by atoms with E-state index in [9.17, 15) is 0 Å². The van der Waals surface area contributed by atoms with E-state index in [4.69, 9.17) is 16.3 Å². The minimum absolute atomic E-state index is 0.126. The number of hydrogen-bond acceptors (Lipinski definition) is 2. The molecule has 0 aliphatic carbocycles. The van der Waals surface area contributed by atoms with Gasteiger partial charge in [0.25, 0.3) is 0 Å². The number of aliphatic hydroxyl groups excluding tert-OH is 1. The van der Waals surface area contributed by atoms with Crippen LogP contribution >= 0.6 is 0 Å². The second-order valence-corrected chi connectivity index (χ2v) is 1.21. The fourth-order valence-corrected chi connectivity index (χ4v) is 0.268. The van der Waals surface area contributed by atoms with Crippen LogP contribution in [0.3, 0.4) is 0 Å². The van der Waals surface area contributed by atoms with Crippen molar-refractivity contribution in [3.05, 3.63) is 0 Å². The number of ether oxygens (including phenoxy) is 1. The van der Waals surface area contributed by atoms with Gasteiger partial charge in [-0.25, -0.2) is 0 Å². The fraction of sp³-hybridized carbons (Fsp3) is 0.429. The molecule has 0 amide bonds. The van der Waals surface area contributed by atoms with Crippen LogP contribution in [0.15, 0.2) is 0 Å². The first kappa shape index (κ1) is 8.04. The first-order valence-corrected chi connectivity index (χ1v) is 2.49. The van der Waals surface area contributed by atoms with Gasteiger partial charge in [-0.3, -0.25) is 0 Å². The van der Waals surface area contributed by atoms with Crippen molar-refractivity contribution < 1.29 is 9.84 Å². The highest BCUT2D eigenvalue weighted by Crippen LogP contribution is 1.67. The lowest BCUT2D eigenvalue weighted by Gasteiger charge is -1.87. The third-order valence-corrected chi connectivity index (χ3v) is 0.564. The van der Waals surface area contributed by atoms with Gasteiger partial charge in [0.15, 0.2) is 0 Å². The monoisotopic (exact) mass is 124 g/mol. The quantitative estimate of drug-likeness (QED) is 0.402. The molecule has 1 N–H and O–H groups in total. The van der Waals surface area contributed by atoms with Gasteiger partial charge in [0.1, 0.15) is 19.8 Å². The normalized spacial score (nSPS) is 7.11. The molecule has 0 rings (SSSR count). The summed E-state index contributed by atoms with van der Waals surface area (Å²) < 4.78 is 4.76. The molecular weight excluding hydrogens is 116 g/mol. The Kier molecular flexibility index (Phi) is 6.29. The van der Waals surface area contributed by atoms with Crippen LogP contribution in [0.5, 0.6) is 0 Å². The molecule has 0 fully saturated rings. The Morgan fingerprint density at radius 2 is 2.11 bits per heavy atom. The van der Waals surface area contributed by atoms with Crippen molar-refractivity contribution in [3.63, 3.8) is 0 Å². The van der Waals surface area contributed by atoms with E-state index in [1.165, 1.54) is 0 Å². The summed E-state index contributed by atoms with van der Waals surface area (Å²) in [6.45, 7) is 0.449. The third-order valence-electron chi connectivity index (χ3n) is 0.564. The molecule has 0 aromatic carbocycles. The number of terminal acetylenes is 1. The summed E-state index contributed by atoms with van der Waals surface area (Å²) in [5.74, 6) is 7.26. The molecule has 9 heavy (non-hydrogen) atoms. The van der Waals surface area contributed by atoms with E-state index in [-0.39, 0.29) is 13.2 Å². The van der Waals surface area contributed by atoms with Gasteiger partial charge in [0.2, 0.25) is 0 Å². The molecule has 2 heteroatoms. The Morgan fingerprint density at radius 3 is 2.67 bits per heavy atom. The van der Waals surface area contributed by atoms with Gasteiger partial charge in [0, 0.05) is 0 Å². The summed E-state index contributed by atoms with van der Waals surface area (Å²) >= 11 is 0. The molecule has 0 aliphatic heterocycles. The van der Waals surface area contributed by atoms with E-state index >= 15 is 0 Å². The Hall–Kier alpha value is -0.960. The van der Waals surface area contributed by atoms with E-state index in [2.05, 4.69) is 17.8 Å². The number of aliphatic hydroxyl groups is 1. The molecule has 0 aliphatic rings. The molecule has 0 atom stereocenters. The lowest BCUT2D eigenvalue weighted by atomic mass is 10.6. The van der Waals surface area contributed by atoms with E-state index in [1.54, 1.807) is 0 Å².